The summed E-state index contributed by atoms with van der Waals surface area (Å²) in [6.45, 7) is 0. The molecule has 3 aliphatic rings. The third kappa shape index (κ3) is 3.92. The first-order chi connectivity index (χ1) is 27.3. The Morgan fingerprint density at radius 1 is 0.291 bits per heavy atom. The van der Waals surface area contributed by atoms with Crippen LogP contribution >= 0.6 is 0 Å². The van der Waals surface area contributed by atoms with E-state index in [0.29, 0.717) is 0 Å². The molecule has 0 N–H and O–H groups in total. The number of hydrogen-bond donors (Lipinski definition) is 0. The second-order valence-corrected chi connectivity index (χ2v) is 15.1. The van der Waals surface area contributed by atoms with E-state index in [-0.39, 0.29) is 0 Å². The number of para-hydroxylation sites is 1. The predicted octanol–water partition coefficient (Wildman–Crippen LogP) is 13.3. The highest BCUT2D eigenvalue weighted by atomic mass is 16.5. The van der Waals surface area contributed by atoms with E-state index >= 15 is 0 Å². The van der Waals surface area contributed by atoms with Gasteiger partial charge in [-0.2, -0.15) is 0 Å². The molecular weight excluding hydrogens is 665 g/mol. The van der Waals surface area contributed by atoms with Gasteiger partial charge in [-0.15, -0.1) is 0 Å². The highest BCUT2D eigenvalue weighted by Crippen LogP contribution is 2.62. The standard InChI is InChI=1S/C54H34O/c1-3-17-38(18-4-1)53(39-19-5-2-6-20-39)47-26-11-12-28-50(47)55-51-34-37(30-32-48(51)53)36-29-31-46-43(33-36)41-22-8-10-25-45(41)54(46)44-24-9-7-21-40(44)42-23-13-15-35-16-14-27-49(54)52(35)42/h1-34H. The molecule has 12 rings (SSSR count). The molecule has 55 heavy (non-hydrogen) atoms. The predicted molar refractivity (Wildman–Crippen MR) is 224 cm³/mol. The number of hydrogen-bond acceptors (Lipinski definition) is 1. The van der Waals surface area contributed by atoms with Crippen molar-refractivity contribution in [2.45, 2.75) is 10.8 Å². The van der Waals surface area contributed by atoms with Crippen LogP contribution in [0.3, 0.4) is 0 Å². The van der Waals surface area contributed by atoms with Crippen molar-refractivity contribution < 1.29 is 4.74 Å². The van der Waals surface area contributed by atoms with Gasteiger partial charge in [-0.3, -0.25) is 0 Å². The minimum atomic E-state index is -0.542. The van der Waals surface area contributed by atoms with Gasteiger partial charge in [0, 0.05) is 11.1 Å². The summed E-state index contributed by atoms with van der Waals surface area (Å²) in [7, 11) is 0. The van der Waals surface area contributed by atoms with E-state index in [0.717, 1.165) is 28.2 Å². The summed E-state index contributed by atoms with van der Waals surface area (Å²) in [6, 6.07) is 76.1. The van der Waals surface area contributed by atoms with Gasteiger partial charge in [-0.05, 0) is 95.7 Å². The lowest BCUT2D eigenvalue weighted by Crippen LogP contribution is -2.34. The van der Waals surface area contributed by atoms with Gasteiger partial charge >= 0.3 is 0 Å². The molecule has 256 valence electrons. The van der Waals surface area contributed by atoms with Crippen molar-refractivity contribution >= 4 is 10.8 Å². The van der Waals surface area contributed by atoms with Gasteiger partial charge in [0.05, 0.1) is 10.8 Å². The number of rotatable bonds is 3. The summed E-state index contributed by atoms with van der Waals surface area (Å²) in [5.41, 5.74) is 16.6. The first-order valence-electron chi connectivity index (χ1n) is 19.2. The monoisotopic (exact) mass is 698 g/mol. The van der Waals surface area contributed by atoms with Gasteiger partial charge in [0.1, 0.15) is 11.5 Å². The molecule has 0 amide bonds. The highest BCUT2D eigenvalue weighted by Gasteiger charge is 2.50. The van der Waals surface area contributed by atoms with Crippen LogP contribution in [0.2, 0.25) is 0 Å². The maximum Gasteiger partial charge on any atom is 0.132 e. The molecule has 0 saturated carbocycles. The van der Waals surface area contributed by atoms with Crippen LogP contribution in [0.4, 0.5) is 0 Å². The molecule has 0 aromatic heterocycles. The van der Waals surface area contributed by atoms with E-state index in [9.17, 15) is 0 Å². The molecule has 1 atom stereocenters. The normalized spacial score (nSPS) is 16.4. The number of fused-ring (bicyclic) bond motifs is 11. The largest absolute Gasteiger partial charge is 0.457 e. The fourth-order valence-electron chi connectivity index (χ4n) is 10.5. The number of benzene rings is 9. The zero-order valence-corrected chi connectivity index (χ0v) is 30.0. The Bertz CT molecular complexity index is 2970. The third-order valence-electron chi connectivity index (χ3n) is 12.6. The van der Waals surface area contributed by atoms with Crippen molar-refractivity contribution in [2.24, 2.45) is 0 Å². The first kappa shape index (κ1) is 30.5. The molecule has 2 aliphatic carbocycles. The Kier molecular flexibility index (Phi) is 6.25. The van der Waals surface area contributed by atoms with Crippen molar-refractivity contribution in [3.8, 4) is 44.9 Å². The van der Waals surface area contributed by atoms with E-state index < -0.39 is 10.8 Å². The van der Waals surface area contributed by atoms with Crippen LogP contribution in [-0.2, 0) is 10.8 Å². The second kappa shape index (κ2) is 11.3. The zero-order valence-electron chi connectivity index (χ0n) is 30.0. The van der Waals surface area contributed by atoms with Gasteiger partial charge in [0.15, 0.2) is 0 Å². The minimum absolute atomic E-state index is 0.428. The Hall–Kier alpha value is -6.96. The summed E-state index contributed by atoms with van der Waals surface area (Å²) >= 11 is 0. The van der Waals surface area contributed by atoms with Crippen LogP contribution in [0.1, 0.15) is 44.5 Å². The lowest BCUT2D eigenvalue weighted by molar-refractivity contribution is 0.435. The summed E-state index contributed by atoms with van der Waals surface area (Å²) in [5.74, 6) is 1.76. The Balaban J connectivity index is 1.09. The average molecular weight is 699 g/mol. The first-order valence-corrected chi connectivity index (χ1v) is 19.2. The van der Waals surface area contributed by atoms with Crippen LogP contribution in [0.5, 0.6) is 11.5 Å². The third-order valence-corrected chi connectivity index (χ3v) is 12.6. The molecule has 1 aliphatic heterocycles. The Labute approximate surface area is 320 Å². The molecule has 0 fully saturated rings. The van der Waals surface area contributed by atoms with E-state index in [1.807, 2.05) is 0 Å². The average Bonchev–Trinajstić information content (AvgIpc) is 3.55. The SMILES string of the molecule is c1ccc(C2(c3ccccc3)c3ccccc3Oc3cc(-c4ccc5c(c4)-c4ccccc4C54c5ccccc5-c5cccc6cccc4c56)ccc32)cc1. The van der Waals surface area contributed by atoms with E-state index in [2.05, 4.69) is 206 Å². The zero-order chi connectivity index (χ0) is 36.1. The molecule has 9 aromatic carbocycles. The van der Waals surface area contributed by atoms with Gasteiger partial charge in [-0.25, -0.2) is 0 Å². The lowest BCUT2D eigenvalue weighted by atomic mass is 9.61. The number of ether oxygens (including phenoxy) is 1. The lowest BCUT2D eigenvalue weighted by Gasteiger charge is -2.41. The van der Waals surface area contributed by atoms with Gasteiger partial charge in [0.2, 0.25) is 0 Å². The van der Waals surface area contributed by atoms with Crippen LogP contribution in [0.15, 0.2) is 206 Å². The summed E-state index contributed by atoms with van der Waals surface area (Å²) < 4.78 is 6.88. The van der Waals surface area contributed by atoms with E-state index in [1.54, 1.807) is 0 Å². The maximum atomic E-state index is 6.88. The molecule has 0 saturated heterocycles. The molecule has 0 bridgehead atoms. The van der Waals surface area contributed by atoms with Crippen LogP contribution < -0.4 is 4.74 Å². The molecule has 1 unspecified atom stereocenters. The molecule has 9 aromatic rings. The summed E-state index contributed by atoms with van der Waals surface area (Å²) in [6.07, 6.45) is 0. The summed E-state index contributed by atoms with van der Waals surface area (Å²) in [5, 5.41) is 2.63. The van der Waals surface area contributed by atoms with Gasteiger partial charge < -0.3 is 4.74 Å². The van der Waals surface area contributed by atoms with Crippen molar-refractivity contribution in [3.63, 3.8) is 0 Å². The molecule has 1 spiro atoms. The fraction of sp³-hybridized carbons (Fsp3) is 0.0370. The van der Waals surface area contributed by atoms with Crippen LogP contribution in [0, 0.1) is 0 Å². The fourth-order valence-corrected chi connectivity index (χ4v) is 10.5. The minimum Gasteiger partial charge on any atom is -0.457 e. The van der Waals surface area contributed by atoms with Crippen molar-refractivity contribution in [2.75, 3.05) is 0 Å². The van der Waals surface area contributed by atoms with Gasteiger partial charge in [0.25, 0.3) is 0 Å². The van der Waals surface area contributed by atoms with Crippen LogP contribution in [0.25, 0.3) is 44.2 Å². The Morgan fingerprint density at radius 2 is 0.782 bits per heavy atom. The molecule has 1 heterocycles. The van der Waals surface area contributed by atoms with Crippen molar-refractivity contribution in [1.82, 2.24) is 0 Å². The van der Waals surface area contributed by atoms with Crippen molar-refractivity contribution in [1.29, 1.82) is 0 Å². The molecule has 1 nitrogen and oxygen atoms in total. The van der Waals surface area contributed by atoms with Gasteiger partial charge in [-0.1, -0.05) is 188 Å². The quantitative estimate of drug-likeness (QED) is 0.178. The van der Waals surface area contributed by atoms with E-state index in [1.165, 1.54) is 72.0 Å². The molecule has 0 radical (unpaired) electrons. The maximum absolute atomic E-state index is 6.88. The molecule has 1 heteroatoms. The Morgan fingerprint density at radius 3 is 1.49 bits per heavy atom. The smallest absolute Gasteiger partial charge is 0.132 e. The molecular formula is C54H34O. The van der Waals surface area contributed by atoms with Crippen LogP contribution in [-0.4, -0.2) is 0 Å². The topological polar surface area (TPSA) is 9.23 Å². The second-order valence-electron chi connectivity index (χ2n) is 15.1. The summed E-state index contributed by atoms with van der Waals surface area (Å²) in [4.78, 5) is 0. The van der Waals surface area contributed by atoms with E-state index in [4.69, 9.17) is 4.74 Å². The van der Waals surface area contributed by atoms with Crippen molar-refractivity contribution in [3.05, 3.63) is 251 Å². The highest BCUT2D eigenvalue weighted by molar-refractivity contribution is 6.07.